The van der Waals surface area contributed by atoms with E-state index in [9.17, 15) is 0 Å². The van der Waals surface area contributed by atoms with Gasteiger partial charge in [0.25, 0.3) is 0 Å². The molecule has 0 radical (unpaired) electrons. The molecule has 5 heteroatoms. The van der Waals surface area contributed by atoms with Gasteiger partial charge in [0, 0.05) is 31.7 Å². The van der Waals surface area contributed by atoms with Crippen LogP contribution in [0.15, 0.2) is 29.3 Å². The molecule has 0 amide bonds. The normalized spacial score (nSPS) is 16.9. The Balaban J connectivity index is 1.91. The van der Waals surface area contributed by atoms with E-state index in [1.807, 2.05) is 19.1 Å². The van der Waals surface area contributed by atoms with Crippen LogP contribution in [0, 0.1) is 0 Å². The van der Waals surface area contributed by atoms with E-state index in [1.165, 1.54) is 12.8 Å². The molecule has 2 rings (SSSR count). The Morgan fingerprint density at radius 2 is 2.04 bits per heavy atom. The third-order valence-corrected chi connectivity index (χ3v) is 4.57. The van der Waals surface area contributed by atoms with Gasteiger partial charge in [-0.25, -0.2) is 4.99 Å². The predicted octanol–water partition coefficient (Wildman–Crippen LogP) is 3.01. The molecule has 0 bridgehead atoms. The lowest BCUT2D eigenvalue weighted by molar-refractivity contribution is 0.167. The average Bonchev–Trinajstić information content (AvgIpc) is 2.61. The number of nitrogens with one attached hydrogen (secondary N) is 2. The van der Waals surface area contributed by atoms with Gasteiger partial charge in [0.05, 0.1) is 13.2 Å². The van der Waals surface area contributed by atoms with E-state index in [-0.39, 0.29) is 0 Å². The number of hydrogen-bond donors (Lipinski definition) is 2. The van der Waals surface area contributed by atoms with E-state index < -0.39 is 0 Å². The fourth-order valence-electron chi connectivity index (χ4n) is 3.14. The lowest BCUT2D eigenvalue weighted by Gasteiger charge is -2.35. The molecule has 1 fully saturated rings. The van der Waals surface area contributed by atoms with Crippen LogP contribution in [0.1, 0.15) is 46.1 Å². The minimum Gasteiger partial charge on any atom is -0.494 e. The van der Waals surface area contributed by atoms with Gasteiger partial charge in [0.15, 0.2) is 5.96 Å². The van der Waals surface area contributed by atoms with Crippen LogP contribution >= 0.6 is 0 Å². The molecule has 140 valence electrons. The number of guanidine groups is 1. The van der Waals surface area contributed by atoms with E-state index in [4.69, 9.17) is 9.73 Å². The first-order valence-electron chi connectivity index (χ1n) is 9.63. The quantitative estimate of drug-likeness (QED) is 0.589. The molecule has 0 atom stereocenters. The average molecular weight is 347 g/mol. The molecule has 5 nitrogen and oxygen atoms in total. The summed E-state index contributed by atoms with van der Waals surface area (Å²) >= 11 is 0. The second kappa shape index (κ2) is 10.3. The van der Waals surface area contributed by atoms with Gasteiger partial charge in [-0.05, 0) is 58.2 Å². The predicted molar refractivity (Wildman–Crippen MR) is 105 cm³/mol. The van der Waals surface area contributed by atoms with E-state index in [0.717, 1.165) is 36.9 Å². The maximum absolute atomic E-state index is 5.57. The van der Waals surface area contributed by atoms with Gasteiger partial charge in [0.1, 0.15) is 5.75 Å². The molecule has 1 saturated heterocycles. The molecule has 25 heavy (non-hydrogen) atoms. The number of rotatable bonds is 7. The van der Waals surface area contributed by atoms with E-state index in [0.29, 0.717) is 25.2 Å². The molecule has 1 aromatic rings. The summed E-state index contributed by atoms with van der Waals surface area (Å²) < 4.78 is 5.57. The molecule has 1 heterocycles. The molecule has 0 aliphatic carbocycles. The van der Waals surface area contributed by atoms with E-state index >= 15 is 0 Å². The second-order valence-corrected chi connectivity index (χ2v) is 6.82. The van der Waals surface area contributed by atoms with Crippen LogP contribution in [0.3, 0.4) is 0 Å². The highest BCUT2D eigenvalue weighted by molar-refractivity contribution is 5.80. The molecule has 0 unspecified atom stereocenters. The summed E-state index contributed by atoms with van der Waals surface area (Å²) in [7, 11) is 0. The van der Waals surface area contributed by atoms with Crippen LogP contribution in [-0.4, -0.2) is 49.2 Å². The number of aliphatic imine (C=N–C) groups is 1. The van der Waals surface area contributed by atoms with Crippen LogP contribution in [0.5, 0.6) is 5.75 Å². The monoisotopic (exact) mass is 346 g/mol. The number of ether oxygens (including phenoxy) is 1. The smallest absolute Gasteiger partial charge is 0.191 e. The number of hydrogen-bond acceptors (Lipinski definition) is 3. The van der Waals surface area contributed by atoms with Crippen molar-refractivity contribution in [3.05, 3.63) is 29.8 Å². The molecule has 1 aromatic carbocycles. The minimum atomic E-state index is 0.502. The van der Waals surface area contributed by atoms with Gasteiger partial charge in [0.2, 0.25) is 0 Å². The van der Waals surface area contributed by atoms with Gasteiger partial charge in [-0.3, -0.25) is 0 Å². The van der Waals surface area contributed by atoms with Gasteiger partial charge < -0.3 is 20.3 Å². The number of nitrogens with zero attached hydrogens (tertiary/aromatic N) is 2. The lowest BCUT2D eigenvalue weighted by Crippen LogP contribution is -2.49. The molecule has 1 aliphatic heterocycles. The Morgan fingerprint density at radius 1 is 1.28 bits per heavy atom. The standard InChI is InChI=1S/C20H34N4O/c1-5-21-20(23-18-10-12-24(13-11-18)16(3)4)22-15-17-8-7-9-19(14-17)25-6-2/h7-9,14,16,18H,5-6,10-13,15H2,1-4H3,(H2,21,22,23). The first-order valence-corrected chi connectivity index (χ1v) is 9.63. The Bertz CT molecular complexity index is 536. The summed E-state index contributed by atoms with van der Waals surface area (Å²) in [6, 6.07) is 9.32. The number of likely N-dealkylation sites (tertiary alicyclic amines) is 1. The van der Waals surface area contributed by atoms with Gasteiger partial charge in [-0.2, -0.15) is 0 Å². The van der Waals surface area contributed by atoms with Crippen molar-refractivity contribution < 1.29 is 4.74 Å². The second-order valence-electron chi connectivity index (χ2n) is 6.82. The highest BCUT2D eigenvalue weighted by atomic mass is 16.5. The molecule has 0 spiro atoms. The summed E-state index contributed by atoms with van der Waals surface area (Å²) in [6.07, 6.45) is 2.34. The maximum Gasteiger partial charge on any atom is 0.191 e. The van der Waals surface area contributed by atoms with Gasteiger partial charge >= 0.3 is 0 Å². The molecule has 1 aliphatic rings. The summed E-state index contributed by atoms with van der Waals surface area (Å²) in [5.74, 6) is 1.82. The van der Waals surface area contributed by atoms with Crippen LogP contribution in [0.4, 0.5) is 0 Å². The third-order valence-electron chi connectivity index (χ3n) is 4.57. The molecule has 0 saturated carbocycles. The van der Waals surface area contributed by atoms with Crippen molar-refractivity contribution in [2.24, 2.45) is 4.99 Å². The van der Waals surface area contributed by atoms with Crippen molar-refractivity contribution in [1.82, 2.24) is 15.5 Å². The van der Waals surface area contributed by atoms with Crippen LogP contribution in [0.25, 0.3) is 0 Å². The van der Waals surface area contributed by atoms with Crippen molar-refractivity contribution in [1.29, 1.82) is 0 Å². The topological polar surface area (TPSA) is 48.9 Å². The maximum atomic E-state index is 5.57. The summed E-state index contributed by atoms with van der Waals surface area (Å²) in [4.78, 5) is 7.30. The van der Waals surface area contributed by atoms with Crippen molar-refractivity contribution >= 4 is 5.96 Å². The summed E-state index contributed by atoms with van der Waals surface area (Å²) in [5.41, 5.74) is 1.16. The van der Waals surface area contributed by atoms with Crippen LogP contribution < -0.4 is 15.4 Å². The highest BCUT2D eigenvalue weighted by Gasteiger charge is 2.21. The zero-order valence-corrected chi connectivity index (χ0v) is 16.2. The first kappa shape index (κ1) is 19.6. The Hall–Kier alpha value is -1.75. The first-order chi connectivity index (χ1) is 12.1. The van der Waals surface area contributed by atoms with Crippen molar-refractivity contribution in [3.8, 4) is 5.75 Å². The fraction of sp³-hybridized carbons (Fsp3) is 0.650. The molecule has 0 aromatic heterocycles. The number of benzene rings is 1. The zero-order chi connectivity index (χ0) is 18.1. The van der Waals surface area contributed by atoms with Crippen LogP contribution in [0.2, 0.25) is 0 Å². The Labute approximate surface area is 152 Å². The largest absolute Gasteiger partial charge is 0.494 e. The van der Waals surface area contributed by atoms with Gasteiger partial charge in [-0.1, -0.05) is 12.1 Å². The Kier molecular flexibility index (Phi) is 8.06. The van der Waals surface area contributed by atoms with Crippen molar-refractivity contribution in [3.63, 3.8) is 0 Å². The molecular formula is C20H34N4O. The van der Waals surface area contributed by atoms with E-state index in [1.54, 1.807) is 0 Å². The fourth-order valence-corrected chi connectivity index (χ4v) is 3.14. The number of piperidine rings is 1. The summed E-state index contributed by atoms with van der Waals surface area (Å²) in [6.45, 7) is 13.2. The van der Waals surface area contributed by atoms with Crippen molar-refractivity contribution in [2.75, 3.05) is 26.2 Å². The van der Waals surface area contributed by atoms with Crippen LogP contribution in [-0.2, 0) is 6.54 Å². The van der Waals surface area contributed by atoms with E-state index in [2.05, 4.69) is 48.4 Å². The third kappa shape index (κ3) is 6.58. The van der Waals surface area contributed by atoms with Crippen molar-refractivity contribution in [2.45, 2.75) is 59.2 Å². The molecule has 2 N–H and O–H groups in total. The SMILES string of the molecule is CCNC(=NCc1cccc(OCC)c1)NC1CCN(C(C)C)CC1. The highest BCUT2D eigenvalue weighted by Crippen LogP contribution is 2.15. The minimum absolute atomic E-state index is 0.502. The molecular weight excluding hydrogens is 312 g/mol. The Morgan fingerprint density at radius 3 is 2.68 bits per heavy atom. The summed E-state index contributed by atoms with van der Waals surface area (Å²) in [5, 5.41) is 6.98. The lowest BCUT2D eigenvalue weighted by atomic mass is 10.0. The van der Waals surface area contributed by atoms with Gasteiger partial charge in [-0.15, -0.1) is 0 Å². The zero-order valence-electron chi connectivity index (χ0n) is 16.2.